The maximum Gasteiger partial charge on any atom is 0.115 e. The van der Waals surface area contributed by atoms with E-state index in [4.69, 9.17) is 0 Å². The third kappa shape index (κ3) is 1.45. The third-order valence-electron chi connectivity index (χ3n) is 4.13. The summed E-state index contributed by atoms with van der Waals surface area (Å²) < 4.78 is 0. The molecule has 0 amide bonds. The first-order valence-corrected chi connectivity index (χ1v) is 8.63. The van der Waals surface area contributed by atoms with Crippen LogP contribution < -0.4 is 5.19 Å². The molecule has 2 aromatic carbocycles. The van der Waals surface area contributed by atoms with Gasteiger partial charge < -0.3 is 5.11 Å². The molecule has 0 radical (unpaired) electrons. The van der Waals surface area contributed by atoms with Crippen molar-refractivity contribution in [2.75, 3.05) is 0 Å². The molecule has 0 saturated heterocycles. The van der Waals surface area contributed by atoms with E-state index in [9.17, 15) is 5.11 Å². The third-order valence-corrected chi connectivity index (χ3v) is 5.39. The number of hydrogen-bond donors (Lipinski definition) is 1. The van der Waals surface area contributed by atoms with Gasteiger partial charge in [0.1, 0.15) is 5.75 Å². The molecule has 1 nitrogen and oxygen atoms in total. The summed E-state index contributed by atoms with van der Waals surface area (Å²) in [6.45, 7) is 6.82. The van der Waals surface area contributed by atoms with E-state index in [1.165, 1.54) is 27.4 Å². The Balaban J connectivity index is 2.31. The van der Waals surface area contributed by atoms with Gasteiger partial charge >= 0.3 is 0 Å². The van der Waals surface area contributed by atoms with Crippen LogP contribution in [0.1, 0.15) is 25.0 Å². The molecule has 0 heterocycles. The molecule has 0 aromatic heterocycles. The Labute approximate surface area is 110 Å². The van der Waals surface area contributed by atoms with Crippen molar-refractivity contribution >= 4 is 14.7 Å². The van der Waals surface area contributed by atoms with Gasteiger partial charge in [0.2, 0.25) is 0 Å². The van der Waals surface area contributed by atoms with Gasteiger partial charge in [0.05, 0.1) is 9.52 Å². The minimum atomic E-state index is -0.119. The van der Waals surface area contributed by atoms with Crippen LogP contribution in [0, 0.1) is 0 Å². The molecule has 0 fully saturated rings. The Morgan fingerprint density at radius 1 is 0.944 bits per heavy atom. The lowest BCUT2D eigenvalue weighted by molar-refractivity contribution is 0.473. The molecule has 0 unspecified atom stereocenters. The largest absolute Gasteiger partial charge is 0.508 e. The summed E-state index contributed by atoms with van der Waals surface area (Å²) in [6.07, 6.45) is 0. The SMILES string of the molecule is C[SiH2]c1ccc2c(c1)C(C)(C)c1cc(O)ccc1-2. The topological polar surface area (TPSA) is 20.2 Å². The second-order valence-electron chi connectivity index (χ2n) is 5.59. The lowest BCUT2D eigenvalue weighted by atomic mass is 9.82. The minimum Gasteiger partial charge on any atom is -0.508 e. The first-order valence-electron chi connectivity index (χ1n) is 6.51. The van der Waals surface area contributed by atoms with Crippen LogP contribution in [-0.4, -0.2) is 14.6 Å². The molecule has 1 N–H and O–H groups in total. The van der Waals surface area contributed by atoms with Crippen molar-refractivity contribution in [1.29, 1.82) is 0 Å². The predicted molar refractivity (Wildman–Crippen MR) is 79.7 cm³/mol. The Kier molecular flexibility index (Phi) is 2.39. The Hall–Kier alpha value is -1.54. The van der Waals surface area contributed by atoms with Gasteiger partial charge in [-0.25, -0.2) is 0 Å². The number of rotatable bonds is 1. The van der Waals surface area contributed by atoms with E-state index in [2.05, 4.69) is 38.6 Å². The fourth-order valence-corrected chi connectivity index (χ4v) is 3.75. The fraction of sp³-hybridized carbons (Fsp3) is 0.250. The van der Waals surface area contributed by atoms with Gasteiger partial charge in [0.25, 0.3) is 0 Å². The highest BCUT2D eigenvalue weighted by Crippen LogP contribution is 2.48. The number of benzene rings is 2. The monoisotopic (exact) mass is 254 g/mol. The number of fused-ring (bicyclic) bond motifs is 3. The summed E-state index contributed by atoms with van der Waals surface area (Å²) in [7, 11) is -0.119. The van der Waals surface area contributed by atoms with Crippen LogP contribution in [-0.2, 0) is 5.41 Å². The number of hydrogen-bond acceptors (Lipinski definition) is 1. The van der Waals surface area contributed by atoms with Crippen LogP contribution >= 0.6 is 0 Å². The highest BCUT2D eigenvalue weighted by atomic mass is 28.2. The number of phenols is 1. The normalized spacial score (nSPS) is 15.9. The molecule has 3 rings (SSSR count). The molecule has 0 atom stereocenters. The molecule has 18 heavy (non-hydrogen) atoms. The van der Waals surface area contributed by atoms with Crippen molar-refractivity contribution in [1.82, 2.24) is 0 Å². The smallest absolute Gasteiger partial charge is 0.115 e. The fourth-order valence-electron chi connectivity index (χ4n) is 2.99. The maximum absolute atomic E-state index is 9.72. The average molecular weight is 254 g/mol. The molecule has 1 aliphatic carbocycles. The van der Waals surface area contributed by atoms with Crippen molar-refractivity contribution in [2.45, 2.75) is 25.8 Å². The van der Waals surface area contributed by atoms with Crippen LogP contribution in [0.3, 0.4) is 0 Å². The van der Waals surface area contributed by atoms with Gasteiger partial charge in [-0.3, -0.25) is 0 Å². The van der Waals surface area contributed by atoms with Crippen LogP contribution in [0.25, 0.3) is 11.1 Å². The van der Waals surface area contributed by atoms with E-state index in [1.54, 1.807) is 6.07 Å². The van der Waals surface area contributed by atoms with Crippen LogP contribution in [0.4, 0.5) is 0 Å². The second-order valence-corrected chi connectivity index (χ2v) is 7.11. The zero-order valence-corrected chi connectivity index (χ0v) is 12.5. The average Bonchev–Trinajstić information content (AvgIpc) is 2.58. The molecule has 1 aliphatic rings. The molecular formula is C16H18OSi. The molecule has 0 aliphatic heterocycles. The highest BCUT2D eigenvalue weighted by molar-refractivity contribution is 6.52. The summed E-state index contributed by atoms with van der Waals surface area (Å²) in [4.78, 5) is 0. The quantitative estimate of drug-likeness (QED) is 0.775. The van der Waals surface area contributed by atoms with Gasteiger partial charge in [-0.1, -0.05) is 49.8 Å². The predicted octanol–water partition coefficient (Wildman–Crippen LogP) is 2.54. The molecule has 0 spiro atoms. The minimum absolute atomic E-state index is 0.00296. The number of aromatic hydroxyl groups is 1. The molecule has 0 saturated carbocycles. The van der Waals surface area contributed by atoms with E-state index in [-0.39, 0.29) is 14.9 Å². The standard InChI is InChI=1S/C16H18OSi/c1-16(2)14-8-10(17)4-6-12(14)13-7-5-11(18-3)9-15(13)16/h4-9,17H,18H2,1-3H3. The first-order chi connectivity index (χ1) is 8.54. The summed E-state index contributed by atoms with van der Waals surface area (Å²) in [6, 6.07) is 12.6. The number of phenolic OH excluding ortho intramolecular Hbond substituents is 1. The molecule has 0 bridgehead atoms. The van der Waals surface area contributed by atoms with E-state index >= 15 is 0 Å². The van der Waals surface area contributed by atoms with E-state index in [1.807, 2.05) is 12.1 Å². The van der Waals surface area contributed by atoms with Crippen molar-refractivity contribution in [2.24, 2.45) is 0 Å². The van der Waals surface area contributed by atoms with Crippen molar-refractivity contribution in [3.8, 4) is 16.9 Å². The molecule has 92 valence electrons. The van der Waals surface area contributed by atoms with E-state index in [0.29, 0.717) is 5.75 Å². The van der Waals surface area contributed by atoms with Crippen LogP contribution in [0.15, 0.2) is 36.4 Å². The van der Waals surface area contributed by atoms with E-state index in [0.717, 1.165) is 0 Å². The Bertz CT molecular complexity index is 629. The summed E-state index contributed by atoms with van der Waals surface area (Å²) in [5.74, 6) is 0.361. The Morgan fingerprint density at radius 3 is 2.22 bits per heavy atom. The van der Waals surface area contributed by atoms with Gasteiger partial charge in [0, 0.05) is 5.41 Å². The van der Waals surface area contributed by atoms with Gasteiger partial charge in [-0.15, -0.1) is 0 Å². The van der Waals surface area contributed by atoms with Gasteiger partial charge in [0.15, 0.2) is 0 Å². The van der Waals surface area contributed by atoms with Crippen LogP contribution in [0.5, 0.6) is 5.75 Å². The zero-order chi connectivity index (χ0) is 12.9. The summed E-state index contributed by atoms with van der Waals surface area (Å²) in [5, 5.41) is 11.2. The van der Waals surface area contributed by atoms with Crippen molar-refractivity contribution in [3.05, 3.63) is 47.5 Å². The van der Waals surface area contributed by atoms with Crippen molar-refractivity contribution in [3.63, 3.8) is 0 Å². The molecule has 2 heteroatoms. The molecular weight excluding hydrogens is 236 g/mol. The van der Waals surface area contributed by atoms with Gasteiger partial charge in [-0.05, 0) is 34.4 Å². The summed E-state index contributed by atoms with van der Waals surface area (Å²) >= 11 is 0. The zero-order valence-electron chi connectivity index (χ0n) is 11.1. The maximum atomic E-state index is 9.72. The lowest BCUT2D eigenvalue weighted by Crippen LogP contribution is -2.19. The second kappa shape index (κ2) is 3.72. The Morgan fingerprint density at radius 2 is 1.56 bits per heavy atom. The van der Waals surface area contributed by atoms with Crippen LogP contribution in [0.2, 0.25) is 6.55 Å². The summed E-state index contributed by atoms with van der Waals surface area (Å²) in [5.41, 5.74) is 5.27. The van der Waals surface area contributed by atoms with E-state index < -0.39 is 0 Å². The first kappa shape index (κ1) is 11.5. The van der Waals surface area contributed by atoms with Gasteiger partial charge in [-0.2, -0.15) is 0 Å². The highest BCUT2D eigenvalue weighted by Gasteiger charge is 2.35. The van der Waals surface area contributed by atoms with Crippen molar-refractivity contribution < 1.29 is 5.11 Å². The lowest BCUT2D eigenvalue weighted by Gasteiger charge is -2.22. The molecule has 2 aromatic rings.